The van der Waals surface area contributed by atoms with Crippen molar-refractivity contribution in [1.29, 1.82) is 0 Å². The van der Waals surface area contributed by atoms with E-state index in [-0.39, 0.29) is 29.4 Å². The summed E-state index contributed by atoms with van der Waals surface area (Å²) in [6.45, 7) is 1.70. The van der Waals surface area contributed by atoms with E-state index in [0.29, 0.717) is 6.04 Å². The highest BCUT2D eigenvalue weighted by Crippen LogP contribution is 2.48. The zero-order chi connectivity index (χ0) is 17.3. The van der Waals surface area contributed by atoms with E-state index in [1.54, 1.807) is 6.33 Å². The molecule has 1 aromatic carbocycles. The number of benzene rings is 1. The topological polar surface area (TPSA) is 67.1 Å². The number of rotatable bonds is 4. The molecule has 0 bridgehead atoms. The maximum Gasteiger partial charge on any atom is 0.191 e. The maximum absolute atomic E-state index is 6.16. The lowest BCUT2D eigenvalue weighted by atomic mass is 9.96. The summed E-state index contributed by atoms with van der Waals surface area (Å²) in [6.07, 6.45) is 5.98. The van der Waals surface area contributed by atoms with Gasteiger partial charge in [-0.1, -0.05) is 23.7 Å². The maximum atomic E-state index is 6.16. The minimum Gasteiger partial charge on any atom is -0.356 e. The van der Waals surface area contributed by atoms with Crippen LogP contribution >= 0.6 is 35.6 Å². The van der Waals surface area contributed by atoms with Gasteiger partial charge in [0, 0.05) is 36.5 Å². The van der Waals surface area contributed by atoms with Crippen molar-refractivity contribution in [1.82, 2.24) is 25.4 Å². The second kappa shape index (κ2) is 8.12. The molecule has 0 radical (unpaired) electrons. The van der Waals surface area contributed by atoms with Gasteiger partial charge in [0.1, 0.15) is 12.2 Å². The fourth-order valence-corrected chi connectivity index (χ4v) is 3.72. The molecule has 2 N–H and O–H groups in total. The molecule has 1 aliphatic carbocycles. The second-order valence-corrected chi connectivity index (χ2v) is 7.39. The number of halogens is 2. The van der Waals surface area contributed by atoms with Gasteiger partial charge in [0.15, 0.2) is 5.96 Å². The van der Waals surface area contributed by atoms with Crippen LogP contribution in [0.15, 0.2) is 35.6 Å². The zero-order valence-corrected chi connectivity index (χ0v) is 17.9. The first-order valence-corrected chi connectivity index (χ1v) is 9.16. The van der Waals surface area contributed by atoms with Gasteiger partial charge in [0.25, 0.3) is 0 Å². The number of aryl methyl sites for hydroxylation is 1. The molecule has 2 aliphatic rings. The summed E-state index contributed by atoms with van der Waals surface area (Å²) in [5.41, 5.74) is 1.50. The molecule has 1 saturated carbocycles. The largest absolute Gasteiger partial charge is 0.356 e. The molecule has 26 heavy (non-hydrogen) atoms. The molecule has 1 unspecified atom stereocenters. The summed E-state index contributed by atoms with van der Waals surface area (Å²) >= 11 is 6.16. The van der Waals surface area contributed by atoms with E-state index >= 15 is 0 Å². The first-order valence-electron chi connectivity index (χ1n) is 8.78. The van der Waals surface area contributed by atoms with Gasteiger partial charge >= 0.3 is 0 Å². The number of aliphatic imine (C=N–C) groups is 1. The Morgan fingerprint density at radius 2 is 2.27 bits per heavy atom. The zero-order valence-electron chi connectivity index (χ0n) is 14.8. The van der Waals surface area contributed by atoms with Crippen molar-refractivity contribution in [3.63, 3.8) is 0 Å². The molecule has 0 saturated heterocycles. The molecule has 0 amide bonds. The number of hydrogen-bond donors (Lipinski definition) is 2. The normalized spacial score (nSPS) is 20.7. The van der Waals surface area contributed by atoms with Crippen molar-refractivity contribution in [2.45, 2.75) is 43.7 Å². The summed E-state index contributed by atoms with van der Waals surface area (Å²) in [6, 6.07) is 8.53. The van der Waals surface area contributed by atoms with Crippen LogP contribution in [0, 0.1) is 0 Å². The molecule has 2 aromatic rings. The van der Waals surface area contributed by atoms with Crippen LogP contribution in [0.5, 0.6) is 0 Å². The summed E-state index contributed by atoms with van der Waals surface area (Å²) in [5.74, 6) is 1.92. The molecule has 1 aromatic heterocycles. The van der Waals surface area contributed by atoms with Crippen molar-refractivity contribution in [2.75, 3.05) is 13.6 Å². The Morgan fingerprint density at radius 3 is 3.00 bits per heavy atom. The highest BCUT2D eigenvalue weighted by molar-refractivity contribution is 14.0. The second-order valence-electron chi connectivity index (χ2n) is 6.95. The van der Waals surface area contributed by atoms with Gasteiger partial charge in [0.2, 0.25) is 0 Å². The highest BCUT2D eigenvalue weighted by Gasteiger charge is 2.44. The van der Waals surface area contributed by atoms with Gasteiger partial charge in [-0.25, -0.2) is 9.67 Å². The first-order chi connectivity index (χ1) is 12.2. The van der Waals surface area contributed by atoms with Crippen LogP contribution in [0.2, 0.25) is 5.02 Å². The van der Waals surface area contributed by atoms with Crippen molar-refractivity contribution in [3.05, 3.63) is 47.0 Å². The lowest BCUT2D eigenvalue weighted by Crippen LogP contribution is -2.48. The van der Waals surface area contributed by atoms with Crippen LogP contribution in [-0.2, 0) is 18.4 Å². The van der Waals surface area contributed by atoms with Crippen LogP contribution in [0.3, 0.4) is 0 Å². The van der Waals surface area contributed by atoms with E-state index in [9.17, 15) is 0 Å². The van der Waals surface area contributed by atoms with Gasteiger partial charge in [-0.05, 0) is 37.0 Å². The molecule has 0 spiro atoms. The van der Waals surface area contributed by atoms with E-state index < -0.39 is 0 Å². The number of hydrogen-bond acceptors (Lipinski definition) is 3. The van der Waals surface area contributed by atoms with Crippen LogP contribution in [0.4, 0.5) is 0 Å². The molecular formula is C18H24ClIN6. The van der Waals surface area contributed by atoms with E-state index in [1.807, 2.05) is 23.9 Å². The Balaban J connectivity index is 0.00000196. The average molecular weight is 487 g/mol. The standard InChI is InChI=1S/C18H23ClN6.HI/c1-20-17(24-15-5-6-16-22-12-23-25(16)10-15)21-11-18(7-8-18)13-3-2-4-14(19)9-13;/h2-4,9,12,15H,5-8,10-11H2,1H3,(H2,20,21,24);1H. The van der Waals surface area contributed by atoms with Gasteiger partial charge in [-0.2, -0.15) is 5.10 Å². The Kier molecular flexibility index (Phi) is 6.06. The van der Waals surface area contributed by atoms with Crippen molar-refractivity contribution in [2.24, 2.45) is 4.99 Å². The van der Waals surface area contributed by atoms with Gasteiger partial charge in [-0.15, -0.1) is 24.0 Å². The molecule has 8 heteroatoms. The lowest BCUT2D eigenvalue weighted by Gasteiger charge is -2.26. The number of guanidine groups is 1. The average Bonchev–Trinajstić information content (AvgIpc) is 3.28. The van der Waals surface area contributed by atoms with Gasteiger partial charge in [-0.3, -0.25) is 4.99 Å². The van der Waals surface area contributed by atoms with Gasteiger partial charge in [0.05, 0.1) is 6.54 Å². The molecule has 1 fully saturated rings. The van der Waals surface area contributed by atoms with Crippen molar-refractivity contribution >= 4 is 41.5 Å². The number of fused-ring (bicyclic) bond motifs is 1. The van der Waals surface area contributed by atoms with E-state index in [4.69, 9.17) is 11.6 Å². The van der Waals surface area contributed by atoms with E-state index in [2.05, 4.69) is 37.8 Å². The molecule has 140 valence electrons. The third kappa shape index (κ3) is 4.14. The molecular weight excluding hydrogens is 463 g/mol. The number of aromatic nitrogens is 3. The summed E-state index contributed by atoms with van der Waals surface area (Å²) in [5, 5.41) is 12.1. The summed E-state index contributed by atoms with van der Waals surface area (Å²) < 4.78 is 1.97. The highest BCUT2D eigenvalue weighted by atomic mass is 127. The van der Waals surface area contributed by atoms with Crippen molar-refractivity contribution in [3.8, 4) is 0 Å². The minimum absolute atomic E-state index is 0. The van der Waals surface area contributed by atoms with E-state index in [1.165, 1.54) is 18.4 Å². The Morgan fingerprint density at radius 1 is 1.42 bits per heavy atom. The molecule has 4 rings (SSSR count). The predicted octanol–water partition coefficient (Wildman–Crippen LogP) is 2.76. The predicted molar refractivity (Wildman–Crippen MR) is 114 cm³/mol. The Bertz CT molecular complexity index is 785. The van der Waals surface area contributed by atoms with Crippen LogP contribution in [0.1, 0.15) is 30.7 Å². The first kappa shape index (κ1) is 19.4. The molecule has 1 atom stereocenters. The monoisotopic (exact) mass is 486 g/mol. The number of nitrogens with zero attached hydrogens (tertiary/aromatic N) is 4. The third-order valence-corrected chi connectivity index (χ3v) is 5.49. The quantitative estimate of drug-likeness (QED) is 0.396. The minimum atomic E-state index is 0. The Labute approximate surface area is 175 Å². The Hall–Kier alpha value is -1.35. The van der Waals surface area contributed by atoms with Gasteiger partial charge < -0.3 is 10.6 Å². The van der Waals surface area contributed by atoms with E-state index in [0.717, 1.165) is 42.7 Å². The van der Waals surface area contributed by atoms with Crippen LogP contribution in [0.25, 0.3) is 0 Å². The molecule has 6 nitrogen and oxygen atoms in total. The molecule has 1 aliphatic heterocycles. The molecule has 2 heterocycles. The van der Waals surface area contributed by atoms with Crippen molar-refractivity contribution < 1.29 is 0 Å². The fourth-order valence-electron chi connectivity index (χ4n) is 3.53. The van der Waals surface area contributed by atoms with Crippen LogP contribution < -0.4 is 10.6 Å². The van der Waals surface area contributed by atoms with Crippen LogP contribution in [-0.4, -0.2) is 40.4 Å². The summed E-state index contributed by atoms with van der Waals surface area (Å²) in [4.78, 5) is 8.67. The fraction of sp³-hybridized carbons (Fsp3) is 0.500. The third-order valence-electron chi connectivity index (χ3n) is 5.25. The lowest BCUT2D eigenvalue weighted by molar-refractivity contribution is 0.392. The summed E-state index contributed by atoms with van der Waals surface area (Å²) in [7, 11) is 1.82. The smallest absolute Gasteiger partial charge is 0.191 e. The number of nitrogens with one attached hydrogen (secondary N) is 2. The SMILES string of the molecule is CN=C(NCC1(c2cccc(Cl)c2)CC1)NC1CCc2ncnn2C1.I.